The van der Waals surface area contributed by atoms with Gasteiger partial charge in [0.05, 0.1) is 36.0 Å². The number of aromatic nitrogens is 4. The van der Waals surface area contributed by atoms with Crippen molar-refractivity contribution in [2.45, 2.75) is 45.4 Å². The molecule has 1 aliphatic carbocycles. The van der Waals surface area contributed by atoms with E-state index < -0.39 is 0 Å². The Morgan fingerprint density at radius 1 is 1.12 bits per heavy atom. The lowest BCUT2D eigenvalue weighted by Crippen LogP contribution is -2.12. The molecule has 0 bridgehead atoms. The summed E-state index contributed by atoms with van der Waals surface area (Å²) in [5.41, 5.74) is 6.10. The quantitative estimate of drug-likeness (QED) is 0.412. The fourth-order valence-corrected chi connectivity index (χ4v) is 4.87. The molecule has 0 spiro atoms. The molecule has 1 saturated carbocycles. The summed E-state index contributed by atoms with van der Waals surface area (Å²) in [5.74, 6) is 2.74. The van der Waals surface area contributed by atoms with E-state index >= 15 is 0 Å². The van der Waals surface area contributed by atoms with Crippen molar-refractivity contribution in [3.05, 3.63) is 60.4 Å². The first kappa shape index (κ1) is 20.6. The fourth-order valence-electron chi connectivity index (χ4n) is 4.87. The molecule has 1 fully saturated rings. The summed E-state index contributed by atoms with van der Waals surface area (Å²) in [7, 11) is 3.84. The maximum atomic E-state index is 5.67. The maximum absolute atomic E-state index is 5.67. The molecule has 2 aromatic heterocycles. The Labute approximate surface area is 189 Å². The highest BCUT2D eigenvalue weighted by Gasteiger charge is 2.18. The lowest BCUT2D eigenvalue weighted by atomic mass is 9.87. The highest BCUT2D eigenvalue weighted by atomic mass is 16.5. The molecule has 1 N–H and O–H groups in total. The Morgan fingerprint density at radius 3 is 2.72 bits per heavy atom. The van der Waals surface area contributed by atoms with E-state index in [-0.39, 0.29) is 0 Å². The fraction of sp³-hybridized carbons (Fsp3) is 0.385. The van der Waals surface area contributed by atoms with E-state index in [1.807, 2.05) is 30.1 Å². The molecule has 0 unspecified atom stereocenters. The van der Waals surface area contributed by atoms with E-state index in [1.54, 1.807) is 7.11 Å². The first-order valence-corrected chi connectivity index (χ1v) is 11.5. The van der Waals surface area contributed by atoms with E-state index in [2.05, 4.69) is 52.2 Å². The number of fused-ring (bicyclic) bond motifs is 1. The van der Waals surface area contributed by atoms with E-state index in [0.29, 0.717) is 0 Å². The molecule has 2 aromatic carbocycles. The van der Waals surface area contributed by atoms with E-state index in [9.17, 15) is 0 Å². The lowest BCUT2D eigenvalue weighted by Gasteiger charge is -2.20. The van der Waals surface area contributed by atoms with Crippen molar-refractivity contribution in [3.63, 3.8) is 0 Å². The number of ether oxygens (including phenoxy) is 1. The number of para-hydroxylation sites is 1. The highest BCUT2D eigenvalue weighted by molar-refractivity contribution is 5.91. The number of methoxy groups -OCH3 is 1. The molecular weight excluding hydrogens is 398 g/mol. The Kier molecular flexibility index (Phi) is 5.60. The van der Waals surface area contributed by atoms with Crippen LogP contribution in [0.25, 0.3) is 16.7 Å². The predicted octanol–water partition coefficient (Wildman–Crippen LogP) is 5.94. The molecular formula is C26H31N5O. The van der Waals surface area contributed by atoms with Crippen LogP contribution in [0.15, 0.2) is 48.9 Å². The van der Waals surface area contributed by atoms with Crippen molar-refractivity contribution >= 4 is 22.4 Å². The number of imidazole rings is 2. The van der Waals surface area contributed by atoms with Crippen LogP contribution < -0.4 is 10.1 Å². The standard InChI is InChI=1S/C26H31N5O/c1-18-16-31(17-27-18)22-13-12-20(15-24(22)32-3)28-21-10-7-11-23-26(21)29-25(30(23)2)14-19-8-5-4-6-9-19/h7,10-13,15-17,19,28H,4-6,8-9,14H2,1-3H3. The number of nitrogens with zero attached hydrogens (tertiary/aromatic N) is 4. The zero-order chi connectivity index (χ0) is 22.1. The number of anilines is 2. The van der Waals surface area contributed by atoms with Gasteiger partial charge in [-0.3, -0.25) is 0 Å². The number of aryl methyl sites for hydroxylation is 2. The van der Waals surface area contributed by atoms with Crippen molar-refractivity contribution in [2.24, 2.45) is 13.0 Å². The van der Waals surface area contributed by atoms with Gasteiger partial charge in [-0.2, -0.15) is 0 Å². The minimum absolute atomic E-state index is 0.763. The minimum Gasteiger partial charge on any atom is -0.494 e. The van der Waals surface area contributed by atoms with Crippen LogP contribution in [0.5, 0.6) is 5.75 Å². The van der Waals surface area contributed by atoms with Crippen LogP contribution in [0.4, 0.5) is 11.4 Å². The third-order valence-corrected chi connectivity index (χ3v) is 6.65. The van der Waals surface area contributed by atoms with Gasteiger partial charge in [-0.05, 0) is 37.1 Å². The van der Waals surface area contributed by atoms with E-state index in [4.69, 9.17) is 9.72 Å². The minimum atomic E-state index is 0.763. The molecule has 2 heterocycles. The second-order valence-electron chi connectivity index (χ2n) is 8.90. The van der Waals surface area contributed by atoms with Crippen LogP contribution in [0.3, 0.4) is 0 Å². The lowest BCUT2D eigenvalue weighted by molar-refractivity contribution is 0.349. The van der Waals surface area contributed by atoms with Crippen molar-refractivity contribution in [3.8, 4) is 11.4 Å². The molecule has 4 aromatic rings. The number of nitrogens with one attached hydrogen (secondary N) is 1. The van der Waals surface area contributed by atoms with Gasteiger partial charge >= 0.3 is 0 Å². The Balaban J connectivity index is 1.44. The summed E-state index contributed by atoms with van der Waals surface area (Å²) < 4.78 is 9.92. The van der Waals surface area contributed by atoms with E-state index in [0.717, 1.165) is 46.4 Å². The monoisotopic (exact) mass is 429 g/mol. The number of rotatable bonds is 6. The zero-order valence-electron chi connectivity index (χ0n) is 19.1. The largest absolute Gasteiger partial charge is 0.494 e. The molecule has 1 aliphatic rings. The van der Waals surface area contributed by atoms with Gasteiger partial charge in [-0.15, -0.1) is 0 Å². The Bertz CT molecular complexity index is 1230. The number of hydrogen-bond acceptors (Lipinski definition) is 4. The molecule has 6 heteroatoms. The maximum Gasteiger partial charge on any atom is 0.144 e. The van der Waals surface area contributed by atoms with E-state index in [1.165, 1.54) is 43.4 Å². The van der Waals surface area contributed by atoms with Crippen LogP contribution in [-0.4, -0.2) is 26.2 Å². The van der Waals surface area contributed by atoms with Crippen molar-refractivity contribution in [1.82, 2.24) is 19.1 Å². The summed E-state index contributed by atoms with van der Waals surface area (Å²) in [6.45, 7) is 1.98. The van der Waals surface area contributed by atoms with Gasteiger partial charge in [-0.25, -0.2) is 9.97 Å². The smallest absolute Gasteiger partial charge is 0.144 e. The second-order valence-corrected chi connectivity index (χ2v) is 8.90. The summed E-state index contributed by atoms with van der Waals surface area (Å²) in [6, 6.07) is 12.5. The first-order chi connectivity index (χ1) is 15.6. The SMILES string of the molecule is COc1cc(Nc2cccc3c2nc(CC2CCCCC2)n3C)ccc1-n1cnc(C)c1. The molecule has 32 heavy (non-hydrogen) atoms. The van der Waals surface area contributed by atoms with Crippen molar-refractivity contribution < 1.29 is 4.74 Å². The van der Waals surface area contributed by atoms with Gasteiger partial charge in [0.25, 0.3) is 0 Å². The van der Waals surface area contributed by atoms with Crippen molar-refractivity contribution in [2.75, 3.05) is 12.4 Å². The predicted molar refractivity (Wildman–Crippen MR) is 129 cm³/mol. The molecule has 0 radical (unpaired) electrons. The summed E-state index contributed by atoms with van der Waals surface area (Å²) >= 11 is 0. The van der Waals surface area contributed by atoms with Crippen LogP contribution in [0.2, 0.25) is 0 Å². The van der Waals surface area contributed by atoms with Gasteiger partial charge in [0.15, 0.2) is 0 Å². The van der Waals surface area contributed by atoms with Crippen LogP contribution in [-0.2, 0) is 13.5 Å². The first-order valence-electron chi connectivity index (χ1n) is 11.5. The summed E-state index contributed by atoms with van der Waals surface area (Å²) in [5, 5.41) is 3.57. The Hall–Kier alpha value is -3.28. The molecule has 6 nitrogen and oxygen atoms in total. The van der Waals surface area contributed by atoms with Crippen LogP contribution in [0, 0.1) is 12.8 Å². The molecule has 5 rings (SSSR count). The normalized spacial score (nSPS) is 14.7. The average Bonchev–Trinajstić information content (AvgIpc) is 3.38. The van der Waals surface area contributed by atoms with Gasteiger partial charge in [0, 0.05) is 31.4 Å². The molecule has 0 saturated heterocycles. The van der Waals surface area contributed by atoms with Crippen LogP contribution >= 0.6 is 0 Å². The highest BCUT2D eigenvalue weighted by Crippen LogP contribution is 2.32. The molecule has 0 amide bonds. The number of benzene rings is 2. The van der Waals surface area contributed by atoms with Crippen molar-refractivity contribution in [1.29, 1.82) is 0 Å². The zero-order valence-corrected chi connectivity index (χ0v) is 19.1. The molecule has 0 aliphatic heterocycles. The topological polar surface area (TPSA) is 56.9 Å². The van der Waals surface area contributed by atoms with Gasteiger partial charge in [0.2, 0.25) is 0 Å². The van der Waals surface area contributed by atoms with Gasteiger partial charge < -0.3 is 19.2 Å². The third kappa shape index (κ3) is 3.97. The van der Waals surface area contributed by atoms with Gasteiger partial charge in [0.1, 0.15) is 17.1 Å². The third-order valence-electron chi connectivity index (χ3n) is 6.65. The second kappa shape index (κ2) is 8.69. The average molecular weight is 430 g/mol. The number of hydrogen-bond donors (Lipinski definition) is 1. The summed E-state index contributed by atoms with van der Waals surface area (Å²) in [6.07, 6.45) is 11.6. The molecule has 0 atom stereocenters. The van der Waals surface area contributed by atoms with Gasteiger partial charge in [-0.1, -0.05) is 38.2 Å². The van der Waals surface area contributed by atoms with Crippen LogP contribution in [0.1, 0.15) is 43.6 Å². The molecule has 166 valence electrons. The summed E-state index contributed by atoms with van der Waals surface area (Å²) in [4.78, 5) is 9.40. The Morgan fingerprint density at radius 2 is 1.97 bits per heavy atom.